The number of likely N-dealkylation sites (tertiary alicyclic amines) is 1. The van der Waals surface area contributed by atoms with Gasteiger partial charge in [-0.25, -0.2) is 0 Å². The number of nitrogens with one attached hydrogen (secondary N) is 1. The maximum Gasteiger partial charge on any atom is 0.122 e. The van der Waals surface area contributed by atoms with Crippen molar-refractivity contribution in [3.05, 3.63) is 41.1 Å². The van der Waals surface area contributed by atoms with Crippen molar-refractivity contribution in [1.29, 1.82) is 0 Å². The molecule has 13 heavy (non-hydrogen) atoms. The van der Waals surface area contributed by atoms with E-state index in [9.17, 15) is 5.21 Å². The minimum Gasteiger partial charge on any atom is -0.792 e. The van der Waals surface area contributed by atoms with Crippen LogP contribution < -0.4 is 4.90 Å². The van der Waals surface area contributed by atoms with Crippen LogP contribution in [0, 0.1) is 5.21 Å². The van der Waals surface area contributed by atoms with Gasteiger partial charge in [0, 0.05) is 5.56 Å². The normalized spacial score (nSPS) is 20.9. The molecule has 0 aromatic heterocycles. The summed E-state index contributed by atoms with van der Waals surface area (Å²) in [5.41, 5.74) is 2.12. The third kappa shape index (κ3) is 1.87. The third-order valence-electron chi connectivity index (χ3n) is 2.33. The molecule has 68 valence electrons. The fourth-order valence-electron chi connectivity index (χ4n) is 1.60. The van der Waals surface area contributed by atoms with Gasteiger partial charge in [-0.1, -0.05) is 30.3 Å². The van der Waals surface area contributed by atoms with Gasteiger partial charge in [-0.2, -0.15) is 0 Å². The Morgan fingerprint density at radius 1 is 1.23 bits per heavy atom. The molecule has 3 nitrogen and oxygen atoms in total. The summed E-state index contributed by atoms with van der Waals surface area (Å²) in [7, 11) is 0. The summed E-state index contributed by atoms with van der Waals surface area (Å²) in [5.74, 6) is 0. The van der Waals surface area contributed by atoms with E-state index in [0.717, 1.165) is 25.3 Å². The smallest absolute Gasteiger partial charge is 0.122 e. The van der Waals surface area contributed by atoms with Crippen molar-refractivity contribution in [3.8, 4) is 0 Å². The summed E-state index contributed by atoms with van der Waals surface area (Å²) in [6.45, 7) is 2.64. The Morgan fingerprint density at radius 2 is 1.92 bits per heavy atom. The molecule has 0 bridgehead atoms. The van der Waals surface area contributed by atoms with Crippen LogP contribution in [0.1, 0.15) is 5.56 Å². The number of rotatable bonds is 2. The lowest BCUT2D eigenvalue weighted by molar-refractivity contribution is -0.917. The van der Waals surface area contributed by atoms with E-state index in [1.165, 1.54) is 10.5 Å². The van der Waals surface area contributed by atoms with Crippen molar-refractivity contribution in [3.63, 3.8) is 0 Å². The number of quaternary nitrogens is 1. The fourth-order valence-corrected chi connectivity index (χ4v) is 1.60. The van der Waals surface area contributed by atoms with Gasteiger partial charge in [0.15, 0.2) is 0 Å². The first-order chi connectivity index (χ1) is 6.38. The molecule has 0 saturated carbocycles. The second-order valence-corrected chi connectivity index (χ2v) is 3.42. The van der Waals surface area contributed by atoms with Gasteiger partial charge in [0.2, 0.25) is 0 Å². The quantitative estimate of drug-likeness (QED) is 0.634. The van der Waals surface area contributed by atoms with Gasteiger partial charge in [-0.15, -0.1) is 0 Å². The van der Waals surface area contributed by atoms with E-state index in [1.807, 2.05) is 18.2 Å². The van der Waals surface area contributed by atoms with E-state index in [0.29, 0.717) is 0 Å². The van der Waals surface area contributed by atoms with Crippen LogP contribution in [0.25, 0.3) is 0 Å². The minimum absolute atomic E-state index is 0.797. The molecule has 0 spiro atoms. The molecule has 0 aliphatic carbocycles. The van der Waals surface area contributed by atoms with Crippen LogP contribution in [-0.2, 0) is 6.54 Å². The number of benzene rings is 1. The largest absolute Gasteiger partial charge is 0.792 e. The second-order valence-electron chi connectivity index (χ2n) is 3.42. The summed E-state index contributed by atoms with van der Waals surface area (Å²) in [6, 6.07) is 10.3. The van der Waals surface area contributed by atoms with Crippen LogP contribution in [0.5, 0.6) is 0 Å². The van der Waals surface area contributed by atoms with Crippen molar-refractivity contribution >= 4 is 5.71 Å². The number of nitrogens with zero attached hydrogens (tertiary/aromatic N) is 1. The Morgan fingerprint density at radius 3 is 2.54 bits per heavy atom. The maximum absolute atomic E-state index is 10.1. The molecule has 1 aromatic carbocycles. The van der Waals surface area contributed by atoms with E-state index >= 15 is 0 Å². The molecule has 0 radical (unpaired) electrons. The molecular weight excluding hydrogens is 164 g/mol. The van der Waals surface area contributed by atoms with Crippen LogP contribution >= 0.6 is 0 Å². The third-order valence-corrected chi connectivity index (χ3v) is 2.33. The van der Waals surface area contributed by atoms with Gasteiger partial charge in [0.05, 0.1) is 0 Å². The zero-order valence-corrected chi connectivity index (χ0v) is 7.36. The SMILES string of the molecule is [O-]N=C1C[NH+](Cc2ccccc2)C1. The van der Waals surface area contributed by atoms with E-state index in [1.54, 1.807) is 0 Å². The van der Waals surface area contributed by atoms with Crippen molar-refractivity contribution in [2.75, 3.05) is 13.1 Å². The van der Waals surface area contributed by atoms with Gasteiger partial charge in [0.1, 0.15) is 25.3 Å². The van der Waals surface area contributed by atoms with Crippen molar-refractivity contribution in [2.24, 2.45) is 5.16 Å². The first-order valence-corrected chi connectivity index (χ1v) is 4.44. The minimum atomic E-state index is 0.797. The highest BCUT2D eigenvalue weighted by Crippen LogP contribution is 1.96. The van der Waals surface area contributed by atoms with Gasteiger partial charge >= 0.3 is 0 Å². The molecule has 1 aliphatic heterocycles. The Hall–Kier alpha value is -1.35. The second kappa shape index (κ2) is 3.58. The molecule has 0 amide bonds. The van der Waals surface area contributed by atoms with E-state index in [-0.39, 0.29) is 0 Å². The fraction of sp³-hybridized carbons (Fsp3) is 0.300. The zero-order valence-electron chi connectivity index (χ0n) is 7.36. The highest BCUT2D eigenvalue weighted by Gasteiger charge is 2.24. The van der Waals surface area contributed by atoms with Crippen LogP contribution in [0.2, 0.25) is 0 Å². The Kier molecular flexibility index (Phi) is 2.27. The topological polar surface area (TPSA) is 39.9 Å². The van der Waals surface area contributed by atoms with Gasteiger partial charge in [0.25, 0.3) is 0 Å². The van der Waals surface area contributed by atoms with Gasteiger partial charge in [-0.3, -0.25) is 0 Å². The molecule has 0 unspecified atom stereocenters. The molecule has 2 rings (SSSR count). The average Bonchev–Trinajstić information content (AvgIpc) is 2.12. The molecule has 1 N–H and O–H groups in total. The van der Waals surface area contributed by atoms with Crippen molar-refractivity contribution < 1.29 is 4.90 Å². The molecule has 1 aromatic rings. The number of hydrogen-bond donors (Lipinski definition) is 1. The summed E-state index contributed by atoms with van der Waals surface area (Å²) in [5, 5.41) is 13.0. The predicted octanol–water partition coefficient (Wildman–Crippen LogP) is 0.0239. The monoisotopic (exact) mass is 176 g/mol. The van der Waals surface area contributed by atoms with E-state index in [4.69, 9.17) is 0 Å². The zero-order chi connectivity index (χ0) is 9.10. The highest BCUT2D eigenvalue weighted by molar-refractivity contribution is 5.89. The van der Waals surface area contributed by atoms with Crippen molar-refractivity contribution in [1.82, 2.24) is 0 Å². The van der Waals surface area contributed by atoms with Crippen molar-refractivity contribution in [2.45, 2.75) is 6.54 Å². The predicted molar refractivity (Wildman–Crippen MR) is 51.6 cm³/mol. The highest BCUT2D eigenvalue weighted by atomic mass is 16.4. The number of hydrogen-bond acceptors (Lipinski definition) is 2. The van der Waals surface area contributed by atoms with Crippen LogP contribution in [0.4, 0.5) is 0 Å². The average molecular weight is 176 g/mol. The first kappa shape index (κ1) is 8.26. The molecule has 1 fully saturated rings. The Balaban J connectivity index is 1.88. The molecule has 1 aliphatic rings. The van der Waals surface area contributed by atoms with E-state index < -0.39 is 0 Å². The molecule has 1 saturated heterocycles. The van der Waals surface area contributed by atoms with Crippen LogP contribution in [0.3, 0.4) is 0 Å². The lowest BCUT2D eigenvalue weighted by atomic mass is 10.1. The Labute approximate surface area is 77.3 Å². The summed E-state index contributed by atoms with van der Waals surface area (Å²) < 4.78 is 0. The standard InChI is InChI=1S/C10H12N2O/c13-11-10-7-12(8-10)6-9-4-2-1-3-5-9/h1-5,13H,6-8H2. The van der Waals surface area contributed by atoms with Crippen LogP contribution in [0.15, 0.2) is 35.5 Å². The van der Waals surface area contributed by atoms with E-state index in [2.05, 4.69) is 17.3 Å². The molecule has 3 heteroatoms. The molecular formula is C10H12N2O. The lowest BCUT2D eigenvalue weighted by Gasteiger charge is -2.29. The molecule has 1 heterocycles. The summed E-state index contributed by atoms with van der Waals surface area (Å²) >= 11 is 0. The van der Waals surface area contributed by atoms with Gasteiger partial charge < -0.3 is 15.3 Å². The van der Waals surface area contributed by atoms with Gasteiger partial charge in [-0.05, 0) is 0 Å². The lowest BCUT2D eigenvalue weighted by Crippen LogP contribution is -3.19. The van der Waals surface area contributed by atoms with Crippen LogP contribution in [-0.4, -0.2) is 18.8 Å². The maximum atomic E-state index is 10.1. The Bertz CT molecular complexity index is 300. The first-order valence-electron chi connectivity index (χ1n) is 4.44. The summed E-state index contributed by atoms with van der Waals surface area (Å²) in [4.78, 5) is 1.42. The summed E-state index contributed by atoms with van der Waals surface area (Å²) in [6.07, 6.45) is 0. The molecule has 0 atom stereocenters.